The molecule has 0 atom stereocenters. The van der Waals surface area contributed by atoms with Crippen LogP contribution in [0, 0.1) is 10.2 Å². The molecule has 4 aromatic carbocycles. The Morgan fingerprint density at radius 3 is 1.42 bits per heavy atom. The minimum atomic E-state index is -4.93. The van der Waals surface area contributed by atoms with Gasteiger partial charge in [-0.2, -0.15) is 0 Å². The van der Waals surface area contributed by atoms with Crippen LogP contribution < -0.4 is 35.3 Å². The van der Waals surface area contributed by atoms with E-state index in [9.17, 15) is 14.0 Å². The molecule has 0 saturated carbocycles. The van der Waals surface area contributed by atoms with Gasteiger partial charge in [-0.3, -0.25) is 0 Å². The Kier molecular flexibility index (Phi) is 6.92. The monoisotopic (exact) mass is 603 g/mol. The van der Waals surface area contributed by atoms with Crippen LogP contribution in [0.2, 0.25) is 3.90 Å². The second-order valence-electron chi connectivity index (χ2n) is 7.97. The van der Waals surface area contributed by atoms with Crippen LogP contribution in [0.1, 0.15) is 0 Å². The van der Waals surface area contributed by atoms with E-state index >= 15 is 0 Å². The molecule has 0 saturated heterocycles. The summed E-state index contributed by atoms with van der Waals surface area (Å²) >= 11 is 6.58. The molecule has 5 nitrogen and oxygen atoms in total. The minimum absolute atomic E-state index is 0.275. The average molecular weight is 603 g/mol. The van der Waals surface area contributed by atoms with Crippen molar-refractivity contribution >= 4 is 54.3 Å². The maximum absolute atomic E-state index is 12.7. The molecule has 9 heteroatoms. The fourth-order valence-corrected chi connectivity index (χ4v) is 15.4. The van der Waals surface area contributed by atoms with Gasteiger partial charge in [-0.05, 0) is 0 Å². The van der Waals surface area contributed by atoms with Gasteiger partial charge in [0, 0.05) is 0 Å². The molecule has 182 valence electrons. The summed E-state index contributed by atoms with van der Waals surface area (Å²) in [5, 5.41) is 1.53. The topological polar surface area (TPSA) is 91.3 Å². The van der Waals surface area contributed by atoms with Crippen molar-refractivity contribution in [3.05, 3.63) is 125 Å². The first kappa shape index (κ1) is 25.3. The SMILES string of the molecule is [O-][Cl+3]([O-])([O-])OP(c1ccccc1)(c1ccccc1)(c1ccccc1)c1nc(-c2ccccc2)[se]c1Cl. The number of nitrogens with zero attached hydrogens (tertiary/aromatic N) is 1. The number of hydrogen-bond acceptors (Lipinski definition) is 5. The second kappa shape index (κ2) is 9.85. The van der Waals surface area contributed by atoms with E-state index in [-0.39, 0.29) is 5.44 Å². The van der Waals surface area contributed by atoms with Gasteiger partial charge in [-0.1, -0.05) is 0 Å². The Balaban J connectivity index is 2.03. The fraction of sp³-hybridized carbons (Fsp3) is 0. The zero-order valence-electron chi connectivity index (χ0n) is 18.7. The molecule has 0 radical (unpaired) electrons. The number of rotatable bonds is 7. The van der Waals surface area contributed by atoms with Crippen molar-refractivity contribution in [1.29, 1.82) is 0 Å². The maximum atomic E-state index is 12.7. The molecule has 0 amide bonds. The summed E-state index contributed by atoms with van der Waals surface area (Å²) in [6.45, 7) is -4.79. The normalized spacial score (nSPS) is 13.2. The third-order valence-corrected chi connectivity index (χ3v) is 15.7. The van der Waals surface area contributed by atoms with Gasteiger partial charge in [0.25, 0.3) is 0 Å². The van der Waals surface area contributed by atoms with Crippen molar-refractivity contribution in [3.63, 3.8) is 0 Å². The molecule has 0 bridgehead atoms. The number of halogens is 2. The summed E-state index contributed by atoms with van der Waals surface area (Å²) in [7, 11) is -4.93. The van der Waals surface area contributed by atoms with Gasteiger partial charge in [-0.25, -0.2) is 0 Å². The molecule has 0 aliphatic heterocycles. The Bertz CT molecular complexity index is 1360. The van der Waals surface area contributed by atoms with Crippen LogP contribution in [0.3, 0.4) is 0 Å². The van der Waals surface area contributed by atoms with E-state index < -0.39 is 31.6 Å². The Hall–Kier alpha value is -2.34. The summed E-state index contributed by atoms with van der Waals surface area (Å²) in [4.78, 5) is 5.01. The first-order valence-corrected chi connectivity index (χ1v) is 16.4. The van der Waals surface area contributed by atoms with Gasteiger partial charge in [0.2, 0.25) is 0 Å². The average Bonchev–Trinajstić information content (AvgIpc) is 3.31. The van der Waals surface area contributed by atoms with E-state index in [1.54, 1.807) is 72.8 Å². The standard InChI is InChI=1S/C27H20Cl2NO4PSe/c28-25-26(30-27(36-25)21-13-5-1-6-14-21)35(34-29(31,32)33,22-15-7-2-8-16-22,23-17-9-3-10-18-23)24-19-11-4-12-20-24/h1-20H. The Labute approximate surface area is 222 Å². The van der Waals surface area contributed by atoms with Crippen molar-refractivity contribution in [2.75, 3.05) is 0 Å². The van der Waals surface area contributed by atoms with Crippen LogP contribution in [-0.2, 0) is 4.08 Å². The summed E-state index contributed by atoms with van der Waals surface area (Å²) < 4.78 is 45.2. The molecule has 0 unspecified atom stereocenters. The predicted molar refractivity (Wildman–Crippen MR) is 137 cm³/mol. The summed E-state index contributed by atoms with van der Waals surface area (Å²) in [5.74, 6) is 0. The molecule has 1 aromatic heterocycles. The summed E-state index contributed by atoms with van der Waals surface area (Å²) in [5.41, 5.74) is 1.15. The number of aromatic nitrogens is 1. The Morgan fingerprint density at radius 2 is 1.03 bits per heavy atom. The van der Waals surface area contributed by atoms with Gasteiger partial charge >= 0.3 is 223 Å². The molecule has 0 aliphatic carbocycles. The zero-order chi connectivity index (χ0) is 25.3. The van der Waals surface area contributed by atoms with Gasteiger partial charge in [0.1, 0.15) is 0 Å². The molecule has 0 aliphatic rings. The zero-order valence-corrected chi connectivity index (χ0v) is 22.9. The van der Waals surface area contributed by atoms with Crippen molar-refractivity contribution in [1.82, 2.24) is 4.98 Å². The number of benzene rings is 4. The summed E-state index contributed by atoms with van der Waals surface area (Å²) in [6.07, 6.45) is 0. The Morgan fingerprint density at radius 1 is 0.639 bits per heavy atom. The molecular weight excluding hydrogens is 583 g/mol. The van der Waals surface area contributed by atoms with E-state index in [0.717, 1.165) is 10.1 Å². The molecule has 5 rings (SSSR count). The van der Waals surface area contributed by atoms with Crippen molar-refractivity contribution in [3.8, 4) is 10.1 Å². The van der Waals surface area contributed by atoms with E-state index in [1.165, 1.54) is 0 Å². The molecule has 0 spiro atoms. The van der Waals surface area contributed by atoms with E-state index in [0.29, 0.717) is 19.8 Å². The van der Waals surface area contributed by atoms with Crippen LogP contribution in [0.25, 0.3) is 10.1 Å². The van der Waals surface area contributed by atoms with Gasteiger partial charge in [0.05, 0.1) is 0 Å². The van der Waals surface area contributed by atoms with Gasteiger partial charge < -0.3 is 0 Å². The van der Waals surface area contributed by atoms with Crippen LogP contribution in [-0.4, -0.2) is 19.5 Å². The second-order valence-corrected chi connectivity index (χ2v) is 16.3. The first-order valence-electron chi connectivity index (χ1n) is 10.9. The molecule has 0 N–H and O–H groups in total. The fourth-order valence-electron chi connectivity index (χ4n) is 4.53. The van der Waals surface area contributed by atoms with Crippen LogP contribution in [0.5, 0.6) is 0 Å². The molecular formula is C27H20Cl2NO4PSe. The van der Waals surface area contributed by atoms with Crippen LogP contribution >= 0.6 is 18.4 Å². The first-order chi connectivity index (χ1) is 17.3. The molecule has 1 heterocycles. The van der Waals surface area contributed by atoms with Crippen LogP contribution in [0.15, 0.2) is 121 Å². The van der Waals surface area contributed by atoms with E-state index in [2.05, 4.69) is 0 Å². The van der Waals surface area contributed by atoms with Crippen molar-refractivity contribution in [2.45, 2.75) is 0 Å². The van der Waals surface area contributed by atoms with Gasteiger partial charge in [0.15, 0.2) is 0 Å². The third-order valence-electron chi connectivity index (χ3n) is 5.96. The third kappa shape index (κ3) is 4.15. The predicted octanol–water partition coefficient (Wildman–Crippen LogP) is 1.44. The number of hydrogen-bond donors (Lipinski definition) is 0. The molecule has 5 aromatic rings. The van der Waals surface area contributed by atoms with E-state index in [1.807, 2.05) is 48.5 Å². The van der Waals surface area contributed by atoms with Crippen molar-refractivity contribution in [2.24, 2.45) is 0 Å². The summed E-state index contributed by atoms with van der Waals surface area (Å²) in [6, 6.07) is 36.4. The van der Waals surface area contributed by atoms with Crippen LogP contribution in [0.4, 0.5) is 0 Å². The van der Waals surface area contributed by atoms with Crippen molar-refractivity contribution < 1.29 is 28.3 Å². The quantitative estimate of drug-likeness (QED) is 0.208. The van der Waals surface area contributed by atoms with E-state index in [4.69, 9.17) is 20.7 Å². The molecule has 36 heavy (non-hydrogen) atoms. The van der Waals surface area contributed by atoms with Gasteiger partial charge in [-0.15, -0.1) is 0 Å². The molecule has 0 fully saturated rings.